The Morgan fingerprint density at radius 2 is 1.88 bits per heavy atom. The van der Waals surface area contributed by atoms with Gasteiger partial charge in [-0.1, -0.05) is 53.0 Å². The fourth-order valence-electron chi connectivity index (χ4n) is 2.29. The van der Waals surface area contributed by atoms with Gasteiger partial charge < -0.3 is 4.74 Å². The van der Waals surface area contributed by atoms with Crippen LogP contribution in [0.1, 0.15) is 18.6 Å². The SMILES string of the molecule is CC(OC(=O)Nc1c(Cl)cnn1-c1ccc(Cl)nc1)c1ccccc1Cl. The van der Waals surface area contributed by atoms with Crippen LogP contribution in [0.25, 0.3) is 5.69 Å². The number of ether oxygens (including phenoxy) is 1. The molecule has 3 aromatic rings. The first kappa shape index (κ1) is 18.5. The van der Waals surface area contributed by atoms with Crippen LogP contribution in [0.3, 0.4) is 0 Å². The third kappa shape index (κ3) is 4.09. The van der Waals surface area contributed by atoms with Gasteiger partial charge in [-0.15, -0.1) is 0 Å². The maximum Gasteiger partial charge on any atom is 0.413 e. The Bertz CT molecular complexity index is 928. The summed E-state index contributed by atoms with van der Waals surface area (Å²) in [5.74, 6) is 0.257. The van der Waals surface area contributed by atoms with Crippen LogP contribution in [0, 0.1) is 0 Å². The summed E-state index contributed by atoms with van der Waals surface area (Å²) >= 11 is 18.0. The molecule has 0 aliphatic rings. The second-order valence-electron chi connectivity index (χ2n) is 5.29. The number of carbonyl (C=O) groups excluding carboxylic acids is 1. The van der Waals surface area contributed by atoms with Crippen molar-refractivity contribution in [2.75, 3.05) is 5.32 Å². The summed E-state index contributed by atoms with van der Waals surface area (Å²) in [6.45, 7) is 1.73. The molecule has 0 fully saturated rings. The molecule has 0 aliphatic carbocycles. The Morgan fingerprint density at radius 3 is 2.58 bits per heavy atom. The van der Waals surface area contributed by atoms with Gasteiger partial charge in [-0.25, -0.2) is 14.5 Å². The molecule has 1 aromatic carbocycles. The molecule has 1 N–H and O–H groups in total. The van der Waals surface area contributed by atoms with Gasteiger partial charge in [0.25, 0.3) is 0 Å². The summed E-state index contributed by atoms with van der Waals surface area (Å²) in [4.78, 5) is 16.3. The fourth-order valence-corrected chi connectivity index (χ4v) is 2.86. The second kappa shape index (κ2) is 7.95. The molecule has 1 amide bonds. The molecule has 0 saturated carbocycles. The van der Waals surface area contributed by atoms with Crippen molar-refractivity contribution in [3.05, 3.63) is 69.6 Å². The summed E-state index contributed by atoms with van der Waals surface area (Å²) in [5.41, 5.74) is 1.28. The highest BCUT2D eigenvalue weighted by molar-refractivity contribution is 6.33. The summed E-state index contributed by atoms with van der Waals surface area (Å²) in [6.07, 6.45) is 1.68. The van der Waals surface area contributed by atoms with Crippen LogP contribution in [0.5, 0.6) is 0 Å². The number of pyridine rings is 1. The zero-order valence-corrected chi connectivity index (χ0v) is 15.8. The van der Waals surface area contributed by atoms with E-state index in [2.05, 4.69) is 15.4 Å². The molecule has 1 atom stereocenters. The predicted molar refractivity (Wildman–Crippen MR) is 101 cm³/mol. The number of aromatic nitrogens is 3. The second-order valence-corrected chi connectivity index (χ2v) is 6.49. The number of anilines is 1. The van der Waals surface area contributed by atoms with Gasteiger partial charge in [0.1, 0.15) is 16.3 Å². The van der Waals surface area contributed by atoms with Crippen LogP contribution in [-0.2, 0) is 4.74 Å². The van der Waals surface area contributed by atoms with E-state index in [1.807, 2.05) is 6.07 Å². The van der Waals surface area contributed by atoms with E-state index < -0.39 is 12.2 Å². The Hall–Kier alpha value is -2.28. The molecule has 134 valence electrons. The number of rotatable bonds is 4. The Morgan fingerprint density at radius 1 is 1.12 bits per heavy atom. The van der Waals surface area contributed by atoms with Crippen molar-refractivity contribution in [3.63, 3.8) is 0 Å². The molecule has 0 spiro atoms. The standard InChI is InChI=1S/C17H13Cl3N4O2/c1-10(12-4-2-3-5-13(12)18)26-17(25)23-16-14(19)9-22-24(16)11-6-7-15(20)21-8-11/h2-10H,1H3,(H,23,25). The van der Waals surface area contributed by atoms with Gasteiger partial charge in [0.05, 0.1) is 18.1 Å². The van der Waals surface area contributed by atoms with Gasteiger partial charge >= 0.3 is 6.09 Å². The molecule has 26 heavy (non-hydrogen) atoms. The quantitative estimate of drug-likeness (QED) is 0.572. The van der Waals surface area contributed by atoms with Gasteiger partial charge in [0, 0.05) is 10.6 Å². The zero-order chi connectivity index (χ0) is 18.7. The molecule has 0 aliphatic heterocycles. The molecule has 0 radical (unpaired) electrons. The van der Waals surface area contributed by atoms with Gasteiger partial charge in [0.2, 0.25) is 0 Å². The largest absolute Gasteiger partial charge is 0.441 e. The minimum absolute atomic E-state index is 0.252. The van der Waals surface area contributed by atoms with E-state index in [0.717, 1.165) is 0 Å². The minimum Gasteiger partial charge on any atom is -0.441 e. The van der Waals surface area contributed by atoms with Crippen LogP contribution < -0.4 is 5.32 Å². The van der Waals surface area contributed by atoms with Crippen LogP contribution in [0.2, 0.25) is 15.2 Å². The molecule has 6 nitrogen and oxygen atoms in total. The third-order valence-electron chi connectivity index (χ3n) is 3.53. The van der Waals surface area contributed by atoms with E-state index in [1.165, 1.54) is 17.1 Å². The van der Waals surface area contributed by atoms with Gasteiger partial charge in [-0.3, -0.25) is 5.32 Å². The fraction of sp³-hybridized carbons (Fsp3) is 0.118. The van der Waals surface area contributed by atoms with Crippen LogP contribution in [-0.4, -0.2) is 20.9 Å². The van der Waals surface area contributed by atoms with Crippen LogP contribution >= 0.6 is 34.8 Å². The number of carbonyl (C=O) groups is 1. The van der Waals surface area contributed by atoms with E-state index in [9.17, 15) is 4.79 Å². The number of halogens is 3. The highest BCUT2D eigenvalue weighted by atomic mass is 35.5. The number of amides is 1. The maximum atomic E-state index is 12.3. The van der Waals surface area contributed by atoms with Crippen molar-refractivity contribution in [2.45, 2.75) is 13.0 Å². The van der Waals surface area contributed by atoms with Crippen molar-refractivity contribution in [1.29, 1.82) is 0 Å². The number of benzene rings is 1. The summed E-state index contributed by atoms with van der Waals surface area (Å²) in [6, 6.07) is 10.4. The lowest BCUT2D eigenvalue weighted by Crippen LogP contribution is -2.18. The lowest BCUT2D eigenvalue weighted by atomic mass is 10.1. The summed E-state index contributed by atoms with van der Waals surface area (Å²) in [5, 5.41) is 7.84. The Labute approximate surface area is 164 Å². The van der Waals surface area contributed by atoms with Gasteiger partial charge in [0.15, 0.2) is 5.82 Å². The van der Waals surface area contributed by atoms with E-state index >= 15 is 0 Å². The van der Waals surface area contributed by atoms with Crippen molar-refractivity contribution >= 4 is 46.7 Å². The number of hydrogen-bond acceptors (Lipinski definition) is 4. The maximum absolute atomic E-state index is 12.3. The normalized spacial score (nSPS) is 11.8. The molecule has 0 saturated heterocycles. The first-order valence-electron chi connectivity index (χ1n) is 7.53. The topological polar surface area (TPSA) is 69.0 Å². The monoisotopic (exact) mass is 410 g/mol. The Balaban J connectivity index is 1.77. The van der Waals surface area contributed by atoms with E-state index in [4.69, 9.17) is 39.5 Å². The van der Waals surface area contributed by atoms with E-state index in [-0.39, 0.29) is 10.8 Å². The average molecular weight is 412 g/mol. The van der Waals surface area contributed by atoms with Gasteiger partial charge in [-0.2, -0.15) is 5.10 Å². The van der Waals surface area contributed by atoms with Crippen LogP contribution in [0.15, 0.2) is 48.8 Å². The van der Waals surface area contributed by atoms with Crippen LogP contribution in [0.4, 0.5) is 10.6 Å². The highest BCUT2D eigenvalue weighted by Crippen LogP contribution is 2.28. The van der Waals surface area contributed by atoms with Crippen molar-refractivity contribution in [3.8, 4) is 5.69 Å². The molecule has 0 bridgehead atoms. The first-order valence-corrected chi connectivity index (χ1v) is 8.66. The van der Waals surface area contributed by atoms with Crippen molar-refractivity contribution in [1.82, 2.24) is 14.8 Å². The van der Waals surface area contributed by atoms with Crippen molar-refractivity contribution in [2.24, 2.45) is 0 Å². The lowest BCUT2D eigenvalue weighted by Gasteiger charge is -2.16. The average Bonchev–Trinajstić information content (AvgIpc) is 2.96. The molecular weight excluding hydrogens is 399 g/mol. The third-order valence-corrected chi connectivity index (χ3v) is 4.37. The summed E-state index contributed by atoms with van der Waals surface area (Å²) in [7, 11) is 0. The molecule has 2 aromatic heterocycles. The molecule has 3 rings (SSSR count). The van der Waals surface area contributed by atoms with Gasteiger partial charge in [-0.05, 0) is 25.1 Å². The number of nitrogens with one attached hydrogen (secondary N) is 1. The smallest absolute Gasteiger partial charge is 0.413 e. The van der Waals surface area contributed by atoms with Crippen molar-refractivity contribution < 1.29 is 9.53 Å². The lowest BCUT2D eigenvalue weighted by molar-refractivity contribution is 0.121. The number of nitrogens with zero attached hydrogens (tertiary/aromatic N) is 3. The highest BCUT2D eigenvalue weighted by Gasteiger charge is 2.18. The molecule has 1 unspecified atom stereocenters. The zero-order valence-electron chi connectivity index (χ0n) is 13.5. The predicted octanol–water partition coefficient (Wildman–Crippen LogP) is 5.54. The first-order chi connectivity index (χ1) is 12.5. The Kier molecular flexibility index (Phi) is 5.66. The molecular formula is C17H13Cl3N4O2. The molecule has 2 heterocycles. The van der Waals surface area contributed by atoms with E-state index in [0.29, 0.717) is 21.4 Å². The molecule has 9 heteroatoms. The van der Waals surface area contributed by atoms with E-state index in [1.54, 1.807) is 37.3 Å². The minimum atomic E-state index is -0.692. The summed E-state index contributed by atoms with van der Waals surface area (Å²) < 4.78 is 6.81. The number of hydrogen-bond donors (Lipinski definition) is 1.